The molecule has 0 saturated carbocycles. The molecule has 8 nitrogen and oxygen atoms in total. The first-order chi connectivity index (χ1) is 16.6. The van der Waals surface area contributed by atoms with Gasteiger partial charge in [0.25, 0.3) is 11.7 Å². The van der Waals surface area contributed by atoms with Crippen LogP contribution in [0, 0.1) is 5.92 Å². The fourth-order valence-corrected chi connectivity index (χ4v) is 4.28. The SMILES string of the molecule is CCCc1cc(Nc2cccc(C(=O)N3CCC(C)CC3)c2)n2nc(-c3cccnc3)nc2n1. The average molecular weight is 456 g/mol. The zero-order valence-electron chi connectivity index (χ0n) is 19.6. The van der Waals surface area contributed by atoms with E-state index in [0.717, 1.165) is 61.5 Å². The second-order valence-electron chi connectivity index (χ2n) is 8.95. The van der Waals surface area contributed by atoms with Gasteiger partial charge in [-0.2, -0.15) is 9.50 Å². The highest BCUT2D eigenvalue weighted by Gasteiger charge is 2.21. The number of carbonyl (C=O) groups excluding carboxylic acids is 1. The summed E-state index contributed by atoms with van der Waals surface area (Å²) < 4.78 is 1.71. The largest absolute Gasteiger partial charge is 0.340 e. The molecule has 1 N–H and O–H groups in total. The Morgan fingerprint density at radius 3 is 2.74 bits per heavy atom. The van der Waals surface area contributed by atoms with Crippen molar-refractivity contribution in [3.05, 3.63) is 66.1 Å². The Labute approximate surface area is 199 Å². The van der Waals surface area contributed by atoms with Crippen LogP contribution in [-0.2, 0) is 6.42 Å². The fraction of sp³-hybridized carbons (Fsp3) is 0.346. The van der Waals surface area contributed by atoms with E-state index < -0.39 is 0 Å². The third-order valence-corrected chi connectivity index (χ3v) is 6.24. The van der Waals surface area contributed by atoms with Gasteiger partial charge < -0.3 is 10.2 Å². The fourth-order valence-electron chi connectivity index (χ4n) is 4.28. The maximum Gasteiger partial charge on any atom is 0.254 e. The molecule has 34 heavy (non-hydrogen) atoms. The first-order valence-corrected chi connectivity index (χ1v) is 11.9. The van der Waals surface area contributed by atoms with E-state index >= 15 is 0 Å². The second kappa shape index (κ2) is 9.59. The predicted molar refractivity (Wildman–Crippen MR) is 132 cm³/mol. The number of aryl methyl sites for hydroxylation is 1. The third kappa shape index (κ3) is 4.62. The molecule has 5 rings (SSSR count). The molecule has 1 aliphatic heterocycles. The molecular formula is C26H29N7O. The van der Waals surface area contributed by atoms with Gasteiger partial charge in [-0.25, -0.2) is 4.98 Å². The van der Waals surface area contributed by atoms with Crippen molar-refractivity contribution >= 4 is 23.2 Å². The average Bonchev–Trinajstić information content (AvgIpc) is 3.30. The topological polar surface area (TPSA) is 88.3 Å². The summed E-state index contributed by atoms with van der Waals surface area (Å²) in [5, 5.41) is 8.13. The molecule has 8 heteroatoms. The van der Waals surface area contributed by atoms with Crippen LogP contribution in [0.25, 0.3) is 17.2 Å². The van der Waals surface area contributed by atoms with Crippen molar-refractivity contribution in [3.63, 3.8) is 0 Å². The molecule has 0 spiro atoms. The maximum absolute atomic E-state index is 13.1. The third-order valence-electron chi connectivity index (χ3n) is 6.24. The van der Waals surface area contributed by atoms with Crippen LogP contribution in [0.15, 0.2) is 54.9 Å². The lowest BCUT2D eigenvalue weighted by Crippen LogP contribution is -2.37. The number of nitrogens with one attached hydrogen (secondary N) is 1. The van der Waals surface area contributed by atoms with E-state index in [-0.39, 0.29) is 5.91 Å². The maximum atomic E-state index is 13.1. The van der Waals surface area contributed by atoms with Gasteiger partial charge in [0.1, 0.15) is 5.82 Å². The number of amides is 1. The van der Waals surface area contributed by atoms with E-state index in [2.05, 4.69) is 34.2 Å². The standard InChI is InChI=1S/C26H29N7O/c1-3-6-21-16-23(33-26(29-21)30-24(31-33)20-8-5-12-27-17-20)28-22-9-4-7-19(15-22)25(34)32-13-10-18(2)11-14-32/h4-5,7-9,12,15-18,28H,3,6,10-11,13-14H2,1-2H3. The summed E-state index contributed by atoms with van der Waals surface area (Å²) in [4.78, 5) is 28.5. The Bertz CT molecular complexity index is 1290. The summed E-state index contributed by atoms with van der Waals surface area (Å²) in [6.45, 7) is 6.01. The smallest absolute Gasteiger partial charge is 0.254 e. The molecule has 4 aromatic rings. The van der Waals surface area contributed by atoms with Gasteiger partial charge in [0, 0.05) is 54.1 Å². The number of carbonyl (C=O) groups is 1. The Morgan fingerprint density at radius 2 is 1.97 bits per heavy atom. The Kier molecular flexibility index (Phi) is 6.20. The summed E-state index contributed by atoms with van der Waals surface area (Å²) in [7, 11) is 0. The molecule has 0 radical (unpaired) electrons. The quantitative estimate of drug-likeness (QED) is 0.451. The molecule has 0 aliphatic carbocycles. The van der Waals surface area contributed by atoms with Crippen LogP contribution in [0.1, 0.15) is 49.2 Å². The highest BCUT2D eigenvalue weighted by atomic mass is 16.2. The highest BCUT2D eigenvalue weighted by molar-refractivity contribution is 5.95. The number of hydrogen-bond acceptors (Lipinski definition) is 6. The van der Waals surface area contributed by atoms with Crippen LogP contribution in [0.4, 0.5) is 11.5 Å². The van der Waals surface area contributed by atoms with E-state index in [1.165, 1.54) is 0 Å². The first-order valence-electron chi connectivity index (χ1n) is 11.9. The van der Waals surface area contributed by atoms with Crippen molar-refractivity contribution in [1.82, 2.24) is 29.5 Å². The number of rotatable bonds is 6. The summed E-state index contributed by atoms with van der Waals surface area (Å²) in [6.07, 6.45) is 7.40. The molecule has 0 bridgehead atoms. The lowest BCUT2D eigenvalue weighted by Gasteiger charge is -2.30. The van der Waals surface area contributed by atoms with Crippen molar-refractivity contribution < 1.29 is 4.79 Å². The van der Waals surface area contributed by atoms with Gasteiger partial charge in [0.2, 0.25) is 0 Å². The van der Waals surface area contributed by atoms with Gasteiger partial charge in [0.05, 0.1) is 0 Å². The lowest BCUT2D eigenvalue weighted by molar-refractivity contribution is 0.0697. The number of benzene rings is 1. The van der Waals surface area contributed by atoms with E-state index in [4.69, 9.17) is 4.98 Å². The van der Waals surface area contributed by atoms with Crippen molar-refractivity contribution in [1.29, 1.82) is 0 Å². The zero-order valence-corrected chi connectivity index (χ0v) is 19.6. The molecular weight excluding hydrogens is 426 g/mol. The van der Waals surface area contributed by atoms with Gasteiger partial charge in [-0.1, -0.05) is 26.3 Å². The number of pyridine rings is 1. The van der Waals surface area contributed by atoms with Gasteiger partial charge in [0.15, 0.2) is 5.82 Å². The monoisotopic (exact) mass is 455 g/mol. The second-order valence-corrected chi connectivity index (χ2v) is 8.95. The molecule has 1 aliphatic rings. The minimum atomic E-state index is 0.0849. The Morgan fingerprint density at radius 1 is 1.12 bits per heavy atom. The van der Waals surface area contributed by atoms with Crippen LogP contribution in [-0.4, -0.2) is 48.5 Å². The Balaban J connectivity index is 1.46. The van der Waals surface area contributed by atoms with E-state index in [1.54, 1.807) is 16.9 Å². The normalized spacial score (nSPS) is 14.5. The molecule has 0 unspecified atom stereocenters. The molecule has 174 valence electrons. The minimum absolute atomic E-state index is 0.0849. The molecule has 3 aromatic heterocycles. The highest BCUT2D eigenvalue weighted by Crippen LogP contribution is 2.24. The van der Waals surface area contributed by atoms with E-state index in [0.29, 0.717) is 23.1 Å². The summed E-state index contributed by atoms with van der Waals surface area (Å²) >= 11 is 0. The molecule has 1 saturated heterocycles. The molecule has 4 heterocycles. The molecule has 1 amide bonds. The minimum Gasteiger partial charge on any atom is -0.340 e. The van der Waals surface area contributed by atoms with Gasteiger partial charge in [-0.15, -0.1) is 5.10 Å². The predicted octanol–water partition coefficient (Wildman–Crippen LogP) is 4.75. The lowest BCUT2D eigenvalue weighted by atomic mass is 9.98. The number of anilines is 2. The van der Waals surface area contributed by atoms with Crippen LogP contribution < -0.4 is 5.32 Å². The Hall–Kier alpha value is -3.81. The summed E-state index contributed by atoms with van der Waals surface area (Å²) in [5.74, 6) is 2.62. The number of hydrogen-bond donors (Lipinski definition) is 1. The van der Waals surface area contributed by atoms with Gasteiger partial charge in [-0.05, 0) is 55.5 Å². The number of likely N-dealkylation sites (tertiary alicyclic amines) is 1. The van der Waals surface area contributed by atoms with Crippen molar-refractivity contribution in [2.45, 2.75) is 39.5 Å². The van der Waals surface area contributed by atoms with Crippen LogP contribution in [0.3, 0.4) is 0 Å². The summed E-state index contributed by atoms with van der Waals surface area (Å²) in [5.41, 5.74) is 3.29. The van der Waals surface area contributed by atoms with Crippen LogP contribution >= 0.6 is 0 Å². The van der Waals surface area contributed by atoms with Gasteiger partial charge >= 0.3 is 0 Å². The number of aromatic nitrogens is 5. The van der Waals surface area contributed by atoms with Crippen molar-refractivity contribution in [2.24, 2.45) is 5.92 Å². The van der Waals surface area contributed by atoms with E-state index in [1.807, 2.05) is 47.4 Å². The number of nitrogens with zero attached hydrogens (tertiary/aromatic N) is 6. The van der Waals surface area contributed by atoms with Gasteiger partial charge in [-0.3, -0.25) is 9.78 Å². The molecule has 0 atom stereocenters. The van der Waals surface area contributed by atoms with Crippen LogP contribution in [0.2, 0.25) is 0 Å². The molecule has 1 aromatic carbocycles. The number of fused-ring (bicyclic) bond motifs is 1. The number of piperidine rings is 1. The molecule has 1 fully saturated rings. The van der Waals surface area contributed by atoms with Crippen molar-refractivity contribution in [2.75, 3.05) is 18.4 Å². The van der Waals surface area contributed by atoms with Crippen LogP contribution in [0.5, 0.6) is 0 Å². The van der Waals surface area contributed by atoms with Crippen molar-refractivity contribution in [3.8, 4) is 11.4 Å². The van der Waals surface area contributed by atoms with E-state index in [9.17, 15) is 4.79 Å². The first kappa shape index (κ1) is 22.0. The summed E-state index contributed by atoms with van der Waals surface area (Å²) in [6, 6.07) is 13.4. The zero-order chi connectivity index (χ0) is 23.5.